The molecule has 0 fully saturated rings. The summed E-state index contributed by atoms with van der Waals surface area (Å²) >= 11 is 1.72. The van der Waals surface area contributed by atoms with Crippen LogP contribution in [0.2, 0.25) is 0 Å². The Bertz CT molecular complexity index is 354. The summed E-state index contributed by atoms with van der Waals surface area (Å²) in [6.07, 6.45) is 4.02. The largest absolute Gasteiger partial charge is 0.300 e. The van der Waals surface area contributed by atoms with Crippen LogP contribution in [0.15, 0.2) is 24.5 Å². The average molecular weight is 178 g/mol. The first-order valence-electron chi connectivity index (χ1n) is 3.85. The molecule has 0 radical (unpaired) electrons. The predicted octanol–water partition coefficient (Wildman–Crippen LogP) is 2.55. The van der Waals surface area contributed by atoms with E-state index in [1.54, 1.807) is 11.3 Å². The standard InChI is InChI=1S/C9H10N2S/c1-7-8(2)12-9(10-7)11-5-3-4-6-11/h3-6H,1-2H3. The molecular weight excluding hydrogens is 168 g/mol. The second-order valence-corrected chi connectivity index (χ2v) is 3.91. The molecule has 2 nitrogen and oxygen atoms in total. The molecule has 12 heavy (non-hydrogen) atoms. The van der Waals surface area contributed by atoms with Gasteiger partial charge >= 0.3 is 0 Å². The van der Waals surface area contributed by atoms with Crippen molar-refractivity contribution < 1.29 is 0 Å². The van der Waals surface area contributed by atoms with Gasteiger partial charge < -0.3 is 4.57 Å². The van der Waals surface area contributed by atoms with Crippen molar-refractivity contribution in [2.45, 2.75) is 13.8 Å². The second kappa shape index (κ2) is 2.75. The number of thiazole rings is 1. The van der Waals surface area contributed by atoms with E-state index in [1.165, 1.54) is 4.88 Å². The lowest BCUT2D eigenvalue weighted by molar-refractivity contribution is 1.03. The van der Waals surface area contributed by atoms with Crippen molar-refractivity contribution in [1.29, 1.82) is 0 Å². The second-order valence-electron chi connectivity index (χ2n) is 2.73. The van der Waals surface area contributed by atoms with E-state index in [1.807, 2.05) is 36.0 Å². The van der Waals surface area contributed by atoms with Gasteiger partial charge in [0.15, 0.2) is 5.13 Å². The zero-order chi connectivity index (χ0) is 8.55. The lowest BCUT2D eigenvalue weighted by atomic mass is 10.4. The first-order chi connectivity index (χ1) is 5.77. The fraction of sp³-hybridized carbons (Fsp3) is 0.222. The van der Waals surface area contributed by atoms with E-state index < -0.39 is 0 Å². The lowest BCUT2D eigenvalue weighted by Crippen LogP contribution is -1.87. The van der Waals surface area contributed by atoms with E-state index in [0.717, 1.165) is 10.8 Å². The maximum absolute atomic E-state index is 4.43. The van der Waals surface area contributed by atoms with E-state index in [4.69, 9.17) is 0 Å². The first-order valence-corrected chi connectivity index (χ1v) is 4.66. The Morgan fingerprint density at radius 1 is 1.25 bits per heavy atom. The molecule has 0 N–H and O–H groups in total. The highest BCUT2D eigenvalue weighted by atomic mass is 32.1. The van der Waals surface area contributed by atoms with E-state index in [-0.39, 0.29) is 0 Å². The van der Waals surface area contributed by atoms with Gasteiger partial charge in [0.05, 0.1) is 5.69 Å². The molecule has 0 spiro atoms. The number of hydrogen-bond donors (Lipinski definition) is 0. The van der Waals surface area contributed by atoms with Crippen LogP contribution in [0.1, 0.15) is 10.6 Å². The van der Waals surface area contributed by atoms with Crippen LogP contribution >= 0.6 is 11.3 Å². The molecule has 3 heteroatoms. The van der Waals surface area contributed by atoms with Gasteiger partial charge in [0.2, 0.25) is 0 Å². The summed E-state index contributed by atoms with van der Waals surface area (Å²) in [4.78, 5) is 5.72. The van der Waals surface area contributed by atoms with Crippen LogP contribution in [0.4, 0.5) is 0 Å². The molecule has 62 valence electrons. The van der Waals surface area contributed by atoms with Gasteiger partial charge in [-0.1, -0.05) is 0 Å². The highest BCUT2D eigenvalue weighted by Gasteiger charge is 2.03. The maximum atomic E-state index is 4.43. The van der Waals surface area contributed by atoms with Gasteiger partial charge in [-0.15, -0.1) is 11.3 Å². The molecule has 0 aromatic carbocycles. The van der Waals surface area contributed by atoms with Crippen LogP contribution < -0.4 is 0 Å². The fourth-order valence-electron chi connectivity index (χ4n) is 1.03. The molecule has 2 aromatic heterocycles. The average Bonchev–Trinajstić information content (AvgIpc) is 2.61. The third kappa shape index (κ3) is 1.16. The number of hydrogen-bond acceptors (Lipinski definition) is 2. The van der Waals surface area contributed by atoms with Crippen LogP contribution in [0.5, 0.6) is 0 Å². The molecule has 2 aromatic rings. The Hall–Kier alpha value is -1.09. The van der Waals surface area contributed by atoms with Gasteiger partial charge in [0.1, 0.15) is 0 Å². The van der Waals surface area contributed by atoms with E-state index in [9.17, 15) is 0 Å². The monoisotopic (exact) mass is 178 g/mol. The summed E-state index contributed by atoms with van der Waals surface area (Å²) < 4.78 is 2.03. The van der Waals surface area contributed by atoms with Crippen molar-refractivity contribution in [2.24, 2.45) is 0 Å². The van der Waals surface area contributed by atoms with E-state index in [2.05, 4.69) is 11.9 Å². The molecule has 0 amide bonds. The minimum absolute atomic E-state index is 1.05. The highest BCUT2D eigenvalue weighted by Crippen LogP contribution is 2.19. The van der Waals surface area contributed by atoms with Gasteiger partial charge in [0, 0.05) is 17.3 Å². The molecule has 2 rings (SSSR count). The van der Waals surface area contributed by atoms with Crippen LogP contribution in [0.25, 0.3) is 5.13 Å². The smallest absolute Gasteiger partial charge is 0.193 e. The summed E-state index contributed by atoms with van der Waals surface area (Å²) in [5.74, 6) is 0. The SMILES string of the molecule is Cc1nc(-n2cccc2)sc1C. The van der Waals surface area contributed by atoms with Crippen molar-refractivity contribution in [3.8, 4) is 5.13 Å². The Morgan fingerprint density at radius 3 is 2.42 bits per heavy atom. The number of rotatable bonds is 1. The van der Waals surface area contributed by atoms with Crippen LogP contribution in [-0.2, 0) is 0 Å². The molecule has 2 heterocycles. The molecule has 0 saturated heterocycles. The van der Waals surface area contributed by atoms with Crippen LogP contribution in [0.3, 0.4) is 0 Å². The van der Waals surface area contributed by atoms with Gasteiger partial charge in [-0.3, -0.25) is 0 Å². The maximum Gasteiger partial charge on any atom is 0.193 e. The topological polar surface area (TPSA) is 17.8 Å². The van der Waals surface area contributed by atoms with Gasteiger partial charge in [-0.05, 0) is 26.0 Å². The molecule has 0 aliphatic carbocycles. The van der Waals surface area contributed by atoms with Crippen LogP contribution in [-0.4, -0.2) is 9.55 Å². The van der Waals surface area contributed by atoms with Gasteiger partial charge in [-0.25, -0.2) is 4.98 Å². The lowest BCUT2D eigenvalue weighted by Gasteiger charge is -1.92. The van der Waals surface area contributed by atoms with E-state index in [0.29, 0.717) is 0 Å². The van der Waals surface area contributed by atoms with Crippen LogP contribution in [0, 0.1) is 13.8 Å². The van der Waals surface area contributed by atoms with Crippen molar-refractivity contribution in [3.05, 3.63) is 35.1 Å². The molecule has 0 atom stereocenters. The Kier molecular flexibility index (Phi) is 1.73. The van der Waals surface area contributed by atoms with Gasteiger partial charge in [-0.2, -0.15) is 0 Å². The normalized spacial score (nSPS) is 10.5. The minimum atomic E-state index is 1.05. The molecule has 0 aliphatic rings. The summed E-state index contributed by atoms with van der Waals surface area (Å²) in [7, 11) is 0. The zero-order valence-corrected chi connectivity index (χ0v) is 7.93. The van der Waals surface area contributed by atoms with Crippen molar-refractivity contribution in [1.82, 2.24) is 9.55 Å². The first kappa shape index (κ1) is 7.55. The third-order valence-corrected chi connectivity index (χ3v) is 2.93. The zero-order valence-electron chi connectivity index (χ0n) is 7.11. The highest BCUT2D eigenvalue weighted by molar-refractivity contribution is 7.14. The summed E-state index contributed by atoms with van der Waals surface area (Å²) in [5, 5.41) is 1.05. The summed E-state index contributed by atoms with van der Waals surface area (Å²) in [6.45, 7) is 4.14. The Morgan fingerprint density at radius 2 is 1.92 bits per heavy atom. The summed E-state index contributed by atoms with van der Waals surface area (Å²) in [5.41, 5.74) is 1.13. The van der Waals surface area contributed by atoms with Crippen molar-refractivity contribution >= 4 is 11.3 Å². The molecule has 0 saturated carbocycles. The van der Waals surface area contributed by atoms with Crippen molar-refractivity contribution in [2.75, 3.05) is 0 Å². The molecular formula is C9H10N2S. The number of aromatic nitrogens is 2. The summed E-state index contributed by atoms with van der Waals surface area (Å²) in [6, 6.07) is 4.01. The Labute approximate surface area is 75.5 Å². The molecule has 0 bridgehead atoms. The fourth-order valence-corrected chi connectivity index (χ4v) is 1.91. The number of aryl methyl sites for hydroxylation is 2. The Balaban J connectivity index is 2.48. The minimum Gasteiger partial charge on any atom is -0.300 e. The quantitative estimate of drug-likeness (QED) is 0.656. The van der Waals surface area contributed by atoms with E-state index >= 15 is 0 Å². The van der Waals surface area contributed by atoms with Crippen molar-refractivity contribution in [3.63, 3.8) is 0 Å². The predicted molar refractivity (Wildman–Crippen MR) is 50.9 cm³/mol. The van der Waals surface area contributed by atoms with Gasteiger partial charge in [0.25, 0.3) is 0 Å². The third-order valence-electron chi connectivity index (χ3n) is 1.84. The molecule has 0 aliphatic heterocycles. The molecule has 0 unspecified atom stereocenters. The number of nitrogens with zero attached hydrogens (tertiary/aromatic N) is 2.